The molecule has 7 atom stereocenters. The first-order valence-electron chi connectivity index (χ1n) is 44.8. The van der Waals surface area contributed by atoms with Crippen LogP contribution in [0.2, 0.25) is 0 Å². The summed E-state index contributed by atoms with van der Waals surface area (Å²) in [5, 5.41) is 90.6. The number of nitrogens with zero attached hydrogens (tertiary/aromatic N) is 18. The number of benzene rings is 5. The van der Waals surface area contributed by atoms with E-state index < -0.39 is 91.0 Å². The molecule has 1 unspecified atom stereocenters. The maximum atomic E-state index is 12.4. The van der Waals surface area contributed by atoms with Crippen molar-refractivity contribution < 1.29 is 64.7 Å². The van der Waals surface area contributed by atoms with Crippen molar-refractivity contribution in [1.29, 1.82) is 0 Å². The Hall–Kier alpha value is -13.8. The number of aromatic amines is 5. The molecular weight excluding hydrogens is 1820 g/mol. The summed E-state index contributed by atoms with van der Waals surface area (Å²) in [6.45, 7) is 23.7. The lowest BCUT2D eigenvalue weighted by atomic mass is 10.1. The van der Waals surface area contributed by atoms with Crippen LogP contribution in [-0.2, 0) is 27.0 Å². The number of aliphatic hydroxyl groups excluding tert-OH is 9. The summed E-state index contributed by atoms with van der Waals surface area (Å²) in [6.07, 6.45) is -1.35. The highest BCUT2D eigenvalue weighted by Gasteiger charge is 2.35. The minimum absolute atomic E-state index is 0.0310. The molecule has 0 aliphatic carbocycles. The number of β-amino-alcohol motifs (C(OH)–C–C–N with tert-alkyl or cyclic N) is 2. The Kier molecular flexibility index (Phi) is 34.7. The molecule has 0 saturated carbocycles. The average Bonchev–Trinajstić information content (AvgIpc) is 0.757. The summed E-state index contributed by atoms with van der Waals surface area (Å²) in [7, 11) is 10.1. The van der Waals surface area contributed by atoms with Crippen molar-refractivity contribution >= 4 is 135 Å². The Balaban J connectivity index is 0.000000167. The van der Waals surface area contributed by atoms with Crippen LogP contribution < -0.4 is 112 Å². The van der Waals surface area contributed by atoms with E-state index in [0.717, 1.165) is 118 Å². The molecule has 0 bridgehead atoms. The van der Waals surface area contributed by atoms with Gasteiger partial charge in [0, 0.05) is 117 Å². The molecule has 7 aliphatic rings. The minimum Gasteiger partial charge on any atom is -0.398 e. The summed E-state index contributed by atoms with van der Waals surface area (Å²) >= 11 is 0. The Morgan fingerprint density at radius 1 is 0.468 bits per heavy atom. The van der Waals surface area contributed by atoms with Crippen molar-refractivity contribution in [3.8, 4) is 23.0 Å². The molecule has 742 valence electrons. The van der Waals surface area contributed by atoms with E-state index >= 15 is 0 Å². The lowest BCUT2D eigenvalue weighted by molar-refractivity contribution is -0.117. The Labute approximate surface area is 794 Å². The van der Waals surface area contributed by atoms with Crippen LogP contribution in [-0.4, -0.2) is 264 Å². The van der Waals surface area contributed by atoms with Gasteiger partial charge in [-0.05, 0) is 175 Å². The van der Waals surface area contributed by atoms with Crippen molar-refractivity contribution in [3.05, 3.63) is 194 Å². The molecule has 0 amide bonds. The van der Waals surface area contributed by atoms with E-state index in [9.17, 15) is 78.5 Å². The number of ketones is 1. The molecule has 3 aromatic heterocycles. The fraction of sp³-hybridized carbons (Fsp3) is 0.419. The third-order valence-corrected chi connectivity index (χ3v) is 23.8. The molecule has 45 nitrogen and oxygen atoms in total. The second-order valence-electron chi connectivity index (χ2n) is 34.7. The number of H-pyrrole nitrogens is 5. The number of nitrogen functional groups attached to an aromatic ring is 1. The SMILES string of the molecule is C=c1nc2c(c(=O)[nH]1)=Nc1cc(C)c(N(C)C)cc1N2CCCCO.C=c1nc2c(c(=O)[nH]1)=Nc1cc(C)c(N)cc1N2C[C@H](O)[C@H](O)[C@H](O)CO.C=c1nc2c(c(=O)[nH]1)=Nc1cc(C)c(NC)cc1N2C[C@H](O)[C@H](O)[C@H](O)CO.CC(=O)CCCCCCn1c2nc(=O)[nH]c(=O)c-2nc2cc(C)c(N(C)C)cc21.Cc1cc2nc3c(=O)[nH]c(=O)nc-3n(CCCCCOP(C)(=O)O)c2cc1N(C)C. The lowest BCUT2D eigenvalue weighted by Crippen LogP contribution is -2.48. The summed E-state index contributed by atoms with van der Waals surface area (Å²) < 4.78 is 19.9. The number of aliphatic hydroxyl groups is 9. The van der Waals surface area contributed by atoms with Crippen LogP contribution in [0.4, 0.5) is 80.0 Å². The molecule has 7 aliphatic heterocycles. The number of hydrogen-bond acceptors (Lipinski definition) is 37. The van der Waals surface area contributed by atoms with E-state index in [2.05, 4.69) is 111 Å². The summed E-state index contributed by atoms with van der Waals surface area (Å²) in [6, 6.07) is 18.9. The second-order valence-corrected chi connectivity index (χ2v) is 36.5. The lowest BCUT2D eigenvalue weighted by Gasteiger charge is -2.32. The molecule has 0 spiro atoms. The number of Topliss-reactive ketones (excluding diaryl/α,β-unsaturated/α-hetero) is 1. The van der Waals surface area contributed by atoms with Crippen LogP contribution in [0.15, 0.2) is 109 Å². The third-order valence-electron chi connectivity index (χ3n) is 23.2. The number of aryl methyl sites for hydroxylation is 7. The van der Waals surface area contributed by atoms with Gasteiger partial charge in [-0.1, -0.05) is 32.6 Å². The number of carbonyl (C=O) groups is 1. The second kappa shape index (κ2) is 45.6. The maximum Gasteiger partial charge on any atom is 0.349 e. The number of nitrogens with two attached hydrogens (primary N) is 1. The zero-order chi connectivity index (χ0) is 102. The third kappa shape index (κ3) is 25.0. The van der Waals surface area contributed by atoms with Gasteiger partial charge in [0.25, 0.3) is 27.8 Å². The first kappa shape index (κ1) is 106. The van der Waals surface area contributed by atoms with Crippen molar-refractivity contribution in [2.75, 3.05) is 143 Å². The van der Waals surface area contributed by atoms with Crippen LogP contribution >= 0.6 is 7.60 Å². The van der Waals surface area contributed by atoms with Crippen LogP contribution in [0.1, 0.15) is 98.9 Å². The molecule has 8 aromatic rings. The molecule has 46 heteroatoms. The van der Waals surface area contributed by atoms with Crippen molar-refractivity contribution in [1.82, 2.24) is 68.9 Å². The number of aromatic nitrogens is 14. The highest BCUT2D eigenvalue weighted by molar-refractivity contribution is 7.51. The largest absolute Gasteiger partial charge is 0.398 e. The highest BCUT2D eigenvalue weighted by Crippen LogP contribution is 2.43. The molecule has 139 heavy (non-hydrogen) atoms. The summed E-state index contributed by atoms with van der Waals surface area (Å²) in [5.41, 5.74) is 18.9. The summed E-state index contributed by atoms with van der Waals surface area (Å²) in [5.74, 6) is 1.61. The predicted molar refractivity (Wildman–Crippen MR) is 531 cm³/mol. The van der Waals surface area contributed by atoms with Gasteiger partial charge in [0.05, 0.1) is 89.1 Å². The van der Waals surface area contributed by atoms with Gasteiger partial charge in [-0.15, -0.1) is 0 Å². The zero-order valence-electron chi connectivity index (χ0n) is 79.9. The van der Waals surface area contributed by atoms with E-state index in [0.29, 0.717) is 107 Å². The van der Waals surface area contributed by atoms with E-state index in [-0.39, 0.29) is 88.2 Å². The smallest absolute Gasteiger partial charge is 0.349 e. The van der Waals surface area contributed by atoms with Crippen molar-refractivity contribution in [2.24, 2.45) is 15.0 Å². The number of hydrogen-bond donors (Lipinski definition) is 17. The van der Waals surface area contributed by atoms with Crippen LogP contribution in [0.3, 0.4) is 0 Å². The van der Waals surface area contributed by atoms with Gasteiger partial charge >= 0.3 is 19.0 Å². The molecule has 18 N–H and O–H groups in total. The van der Waals surface area contributed by atoms with Crippen molar-refractivity contribution in [3.63, 3.8) is 0 Å². The molecule has 15 rings (SSSR count). The van der Waals surface area contributed by atoms with E-state index in [1.54, 1.807) is 50.1 Å². The summed E-state index contributed by atoms with van der Waals surface area (Å²) in [4.78, 5) is 172. The normalized spacial score (nSPS) is 13.9. The van der Waals surface area contributed by atoms with Gasteiger partial charge in [-0.25, -0.2) is 49.5 Å². The Bertz CT molecular complexity index is 7390. The maximum absolute atomic E-state index is 12.4. The number of rotatable bonds is 32. The predicted octanol–water partition coefficient (Wildman–Crippen LogP) is 0.746. The fourth-order valence-electron chi connectivity index (χ4n) is 16.2. The molecule has 0 saturated heterocycles. The van der Waals surface area contributed by atoms with Gasteiger partial charge < -0.3 is 125 Å². The first-order chi connectivity index (χ1) is 65.7. The van der Waals surface area contributed by atoms with Gasteiger partial charge in [0.15, 0.2) is 56.6 Å². The van der Waals surface area contributed by atoms with Gasteiger partial charge in [0.1, 0.15) is 58.8 Å². The number of unbranched alkanes of at least 4 members (excludes halogenated alkanes) is 6. The minimum atomic E-state index is -3.47. The Morgan fingerprint density at radius 3 is 1.26 bits per heavy atom. The van der Waals surface area contributed by atoms with E-state index in [1.807, 2.05) is 124 Å². The molecule has 0 fully saturated rings. The molecular formula is C93H120N25O20P. The van der Waals surface area contributed by atoms with Gasteiger partial charge in [-0.3, -0.25) is 38.5 Å². The fourth-order valence-corrected chi connectivity index (χ4v) is 16.6. The number of carbonyl (C=O) groups excluding carboxylic acids is 1. The Morgan fingerprint density at radius 2 is 0.849 bits per heavy atom. The number of fused-ring (bicyclic) bond motifs is 10. The van der Waals surface area contributed by atoms with E-state index in [4.69, 9.17) is 25.6 Å². The average molecular weight is 1940 g/mol. The van der Waals surface area contributed by atoms with Crippen LogP contribution in [0, 0.1) is 34.6 Å². The monoisotopic (exact) mass is 1940 g/mol. The van der Waals surface area contributed by atoms with Crippen molar-refractivity contribution in [2.45, 2.75) is 155 Å². The zero-order valence-corrected chi connectivity index (χ0v) is 80.8. The van der Waals surface area contributed by atoms with Gasteiger partial charge in [-0.2, -0.15) is 9.97 Å². The molecule has 5 aromatic carbocycles. The van der Waals surface area contributed by atoms with E-state index in [1.165, 1.54) is 4.90 Å². The first-order valence-corrected chi connectivity index (χ1v) is 46.8. The number of nitrogens with one attached hydrogen (secondary N) is 6. The van der Waals surface area contributed by atoms with Gasteiger partial charge in [0.2, 0.25) is 0 Å². The highest BCUT2D eigenvalue weighted by atomic mass is 31.2. The molecule has 10 heterocycles. The van der Waals surface area contributed by atoms with Crippen LogP contribution in [0.25, 0.3) is 64.8 Å². The standard InChI is InChI=1S/C21H27N5O3.C19H26N5O5P.C18H23N5O5.C18H23N5O2.C17H21N5O5/c1-13-11-15-17(12-16(13)25(3)4)26(10-8-6-5-7-9-14(2)27)19-18(22-15)20(28)24-21(29)23-19;1-12-10-13-15(11-14(12)23(2)3)24(8-6-5-7-9-29-30(4,27)28)17-16(20-13)18(25)22-19(26)21-17;1-8-4-11-12(5-10(8)19-3)23(6-13(25)16(27)14(26)7-24)17-15(22-11)18(28)21-9(2)20-17;1-11-9-13-15(10-14(11)22(3)4)23(7-5-6-8-24)17-16(21-13)18(25)20-12(2)19-17;1-7-3-10-11(4-9(7)18)22(5-12(24)15(26)13(25)6-23)16-14(21-10)17(27)20-8(2)19-16/h11-12H,5-10H2,1-4H3,(H,24,28,29);10-11H,5-9H2,1-4H3,(H,27,28)(H,22,25,26);4-5,13-14,16,19,24-27H,2,6-7H2,1,3H3,(H,21,28);9-10,24H,2,5-8H2,1,3-4H3,(H,20,25);3-4,12-13,15,23-26H,2,5-6,18H2,1H3,(H,20,27)/t;;13-,14+,16-;;12-,13+,15-/m..0.0/s1. The van der Waals surface area contributed by atoms with Crippen LogP contribution in [0.5, 0.6) is 0 Å². The number of anilines is 11. The topological polar surface area (TPSA) is 639 Å². The quantitative estimate of drug-likeness (QED) is 0.0120. The molecule has 0 radical (unpaired) electrons.